The maximum Gasteiger partial charge on any atom is 0.236 e. The van der Waals surface area contributed by atoms with Crippen LogP contribution in [0.2, 0.25) is 0 Å². The molecule has 2 N–H and O–H groups in total. The first-order valence-corrected chi connectivity index (χ1v) is 7.15. The summed E-state index contributed by atoms with van der Waals surface area (Å²) < 4.78 is 23.8. The van der Waals surface area contributed by atoms with Gasteiger partial charge in [-0.25, -0.2) is 13.1 Å². The summed E-state index contributed by atoms with van der Waals surface area (Å²) in [6.45, 7) is 3.91. The zero-order chi connectivity index (χ0) is 12.6. The molecule has 1 amide bonds. The summed E-state index contributed by atoms with van der Waals surface area (Å²) in [7, 11) is -1.35. The minimum atomic E-state index is -3.10. The Hall–Kier alpha value is -0.660. The van der Waals surface area contributed by atoms with E-state index in [4.69, 9.17) is 0 Å². The molecule has 0 aromatic rings. The highest BCUT2D eigenvalue weighted by Gasteiger charge is 2.04. The number of hydrogen-bond acceptors (Lipinski definition) is 4. The van der Waals surface area contributed by atoms with Gasteiger partial charge in [-0.15, -0.1) is 0 Å². The first-order valence-electron chi connectivity index (χ1n) is 5.26. The average Bonchev–Trinajstić information content (AvgIpc) is 2.20. The molecular weight excluding hydrogens is 230 g/mol. The van der Waals surface area contributed by atoms with Crippen LogP contribution >= 0.6 is 0 Å². The summed E-state index contributed by atoms with van der Waals surface area (Å²) in [5.41, 5.74) is 0. The highest BCUT2D eigenvalue weighted by molar-refractivity contribution is 7.88. The fraction of sp³-hybridized carbons (Fsp3) is 0.889. The van der Waals surface area contributed by atoms with Crippen LogP contribution < -0.4 is 10.0 Å². The molecule has 0 aliphatic carbocycles. The third-order valence-corrected chi connectivity index (χ3v) is 2.80. The van der Waals surface area contributed by atoms with Gasteiger partial charge in [0.25, 0.3) is 0 Å². The monoisotopic (exact) mass is 251 g/mol. The predicted octanol–water partition coefficient (Wildman–Crippen LogP) is -1.01. The summed E-state index contributed by atoms with van der Waals surface area (Å²) in [6.07, 6.45) is 1.79. The second-order valence-corrected chi connectivity index (χ2v) is 5.44. The molecule has 16 heavy (non-hydrogen) atoms. The third kappa shape index (κ3) is 8.63. The third-order valence-electron chi connectivity index (χ3n) is 2.07. The van der Waals surface area contributed by atoms with E-state index >= 15 is 0 Å². The van der Waals surface area contributed by atoms with Gasteiger partial charge in [0, 0.05) is 20.1 Å². The van der Waals surface area contributed by atoms with Crippen LogP contribution in [-0.4, -0.2) is 58.7 Å². The van der Waals surface area contributed by atoms with Crippen LogP contribution in [0.15, 0.2) is 0 Å². The number of likely N-dealkylation sites (N-methyl/N-ethyl adjacent to an activating group) is 1. The molecule has 0 saturated heterocycles. The molecule has 0 heterocycles. The Morgan fingerprint density at radius 2 is 1.94 bits per heavy atom. The van der Waals surface area contributed by atoms with Crippen LogP contribution in [-0.2, 0) is 14.8 Å². The highest BCUT2D eigenvalue weighted by atomic mass is 32.2. The lowest BCUT2D eigenvalue weighted by atomic mass is 10.4. The van der Waals surface area contributed by atoms with E-state index in [1.165, 1.54) is 0 Å². The van der Waals surface area contributed by atoms with Crippen LogP contribution in [0.5, 0.6) is 0 Å². The lowest BCUT2D eigenvalue weighted by molar-refractivity contribution is -0.128. The van der Waals surface area contributed by atoms with E-state index in [9.17, 15) is 13.2 Å². The molecule has 0 spiro atoms. The molecule has 0 aromatic carbocycles. The summed E-state index contributed by atoms with van der Waals surface area (Å²) in [5.74, 6) is 0.0403. The van der Waals surface area contributed by atoms with Gasteiger partial charge in [0.05, 0.1) is 12.8 Å². The molecule has 96 valence electrons. The quantitative estimate of drug-likeness (QED) is 0.542. The van der Waals surface area contributed by atoms with Crippen LogP contribution in [0.25, 0.3) is 0 Å². The normalized spacial score (nSPS) is 11.4. The van der Waals surface area contributed by atoms with Crippen LogP contribution in [0, 0.1) is 0 Å². The first kappa shape index (κ1) is 15.3. The topological polar surface area (TPSA) is 78.5 Å². The van der Waals surface area contributed by atoms with Gasteiger partial charge in [0.15, 0.2) is 0 Å². The average molecular weight is 251 g/mol. The standard InChI is InChI=1S/C9H21N3O3S/c1-4-12(2)9(13)8-10-6-5-7-11-16(3,14)15/h10-11H,4-8H2,1-3H3. The fourth-order valence-electron chi connectivity index (χ4n) is 0.978. The van der Waals surface area contributed by atoms with E-state index in [1.54, 1.807) is 11.9 Å². The van der Waals surface area contributed by atoms with Crippen molar-refractivity contribution in [3.8, 4) is 0 Å². The molecule has 0 rings (SSSR count). The molecule has 0 saturated carbocycles. The summed E-state index contributed by atoms with van der Waals surface area (Å²) >= 11 is 0. The number of nitrogens with one attached hydrogen (secondary N) is 2. The van der Waals surface area contributed by atoms with Gasteiger partial charge in [0.2, 0.25) is 15.9 Å². The molecule has 0 aliphatic rings. The number of carbonyl (C=O) groups excluding carboxylic acids is 1. The summed E-state index contributed by atoms with van der Waals surface area (Å²) in [4.78, 5) is 12.9. The van der Waals surface area contributed by atoms with Crippen LogP contribution in [0.4, 0.5) is 0 Å². The van der Waals surface area contributed by atoms with Crippen molar-refractivity contribution in [3.05, 3.63) is 0 Å². The largest absolute Gasteiger partial charge is 0.345 e. The van der Waals surface area contributed by atoms with Gasteiger partial charge in [0.1, 0.15) is 0 Å². The predicted molar refractivity (Wildman–Crippen MR) is 63.6 cm³/mol. The second-order valence-electron chi connectivity index (χ2n) is 3.60. The minimum Gasteiger partial charge on any atom is -0.345 e. The van der Waals surface area contributed by atoms with Gasteiger partial charge < -0.3 is 10.2 Å². The van der Waals surface area contributed by atoms with Crippen molar-refractivity contribution >= 4 is 15.9 Å². The van der Waals surface area contributed by atoms with Crippen molar-refractivity contribution in [2.75, 3.05) is 39.5 Å². The molecule has 0 aliphatic heterocycles. The van der Waals surface area contributed by atoms with E-state index in [0.29, 0.717) is 32.6 Å². The maximum absolute atomic E-state index is 11.3. The number of rotatable bonds is 8. The highest BCUT2D eigenvalue weighted by Crippen LogP contribution is 1.82. The fourth-order valence-corrected chi connectivity index (χ4v) is 1.49. The van der Waals surface area contributed by atoms with E-state index in [0.717, 1.165) is 6.26 Å². The Labute approximate surface area is 97.4 Å². The Balaban J connectivity index is 3.44. The Bertz CT molecular complexity index is 303. The molecule has 0 unspecified atom stereocenters. The lowest BCUT2D eigenvalue weighted by Crippen LogP contribution is -2.36. The van der Waals surface area contributed by atoms with Crippen molar-refractivity contribution in [1.29, 1.82) is 0 Å². The van der Waals surface area contributed by atoms with Crippen molar-refractivity contribution in [3.63, 3.8) is 0 Å². The second kappa shape index (κ2) is 7.59. The van der Waals surface area contributed by atoms with E-state index in [-0.39, 0.29) is 5.91 Å². The van der Waals surface area contributed by atoms with Crippen LogP contribution in [0.3, 0.4) is 0 Å². The molecular formula is C9H21N3O3S. The van der Waals surface area contributed by atoms with Crippen molar-refractivity contribution in [2.24, 2.45) is 0 Å². The van der Waals surface area contributed by atoms with Crippen molar-refractivity contribution < 1.29 is 13.2 Å². The Kier molecular flexibility index (Phi) is 7.27. The zero-order valence-electron chi connectivity index (χ0n) is 10.1. The van der Waals surface area contributed by atoms with Crippen LogP contribution in [0.1, 0.15) is 13.3 Å². The molecule has 7 heteroatoms. The first-order chi connectivity index (χ1) is 7.37. The Morgan fingerprint density at radius 3 is 2.44 bits per heavy atom. The number of sulfonamides is 1. The number of hydrogen-bond donors (Lipinski definition) is 2. The van der Waals surface area contributed by atoms with Gasteiger partial charge in [-0.3, -0.25) is 4.79 Å². The number of carbonyl (C=O) groups is 1. The van der Waals surface area contributed by atoms with Crippen molar-refractivity contribution in [2.45, 2.75) is 13.3 Å². The molecule has 0 atom stereocenters. The summed E-state index contributed by atoms with van der Waals surface area (Å²) in [6, 6.07) is 0. The van der Waals surface area contributed by atoms with Gasteiger partial charge in [-0.2, -0.15) is 0 Å². The maximum atomic E-state index is 11.3. The van der Waals surface area contributed by atoms with E-state index in [2.05, 4.69) is 10.0 Å². The molecule has 0 aromatic heterocycles. The molecule has 0 radical (unpaired) electrons. The lowest BCUT2D eigenvalue weighted by Gasteiger charge is -2.14. The van der Waals surface area contributed by atoms with E-state index < -0.39 is 10.0 Å². The molecule has 0 fully saturated rings. The SMILES string of the molecule is CCN(C)C(=O)CNCCCNS(C)(=O)=O. The van der Waals surface area contributed by atoms with Gasteiger partial charge >= 0.3 is 0 Å². The van der Waals surface area contributed by atoms with E-state index in [1.807, 2.05) is 6.92 Å². The van der Waals surface area contributed by atoms with Crippen molar-refractivity contribution in [1.82, 2.24) is 14.9 Å². The summed E-state index contributed by atoms with van der Waals surface area (Å²) in [5, 5.41) is 2.96. The molecule has 6 nitrogen and oxygen atoms in total. The van der Waals surface area contributed by atoms with Gasteiger partial charge in [-0.1, -0.05) is 0 Å². The van der Waals surface area contributed by atoms with Gasteiger partial charge in [-0.05, 0) is 19.9 Å². The number of nitrogens with zero attached hydrogens (tertiary/aromatic N) is 1. The zero-order valence-corrected chi connectivity index (χ0v) is 10.9. The number of amides is 1. The molecule has 0 bridgehead atoms. The smallest absolute Gasteiger partial charge is 0.236 e. The Morgan fingerprint density at radius 1 is 1.31 bits per heavy atom. The minimum absolute atomic E-state index is 0.0403.